The van der Waals surface area contributed by atoms with Crippen LogP contribution in [0, 0.1) is 13.8 Å². The summed E-state index contributed by atoms with van der Waals surface area (Å²) in [6.45, 7) is 6.32. The molecule has 3 aromatic rings. The first-order valence-corrected chi connectivity index (χ1v) is 7.74. The Labute approximate surface area is 127 Å². The van der Waals surface area contributed by atoms with Crippen LogP contribution in [0.4, 0.5) is 5.69 Å². The van der Waals surface area contributed by atoms with Crippen molar-refractivity contribution < 1.29 is 4.74 Å². The monoisotopic (exact) mass is 305 g/mol. The number of rotatable bonds is 6. The molecule has 0 aliphatic heterocycles. The van der Waals surface area contributed by atoms with E-state index in [4.69, 9.17) is 4.74 Å². The standard InChI is InChI=1S/C14H19N5OS/c1-10-9-21-14-17-11(2)13(19(10)14)7-15-12-6-16-18(8-12)4-5-20-3/h6,8-9,15H,4-5,7H2,1-3H3. The Kier molecular flexibility index (Phi) is 3.94. The fraction of sp³-hybridized carbons (Fsp3) is 0.429. The molecule has 0 amide bonds. The zero-order valence-corrected chi connectivity index (χ0v) is 13.3. The highest BCUT2D eigenvalue weighted by Gasteiger charge is 2.12. The molecular formula is C14H19N5OS. The molecule has 0 unspecified atom stereocenters. The minimum absolute atomic E-state index is 0.664. The summed E-state index contributed by atoms with van der Waals surface area (Å²) in [7, 11) is 1.69. The molecule has 0 saturated carbocycles. The summed E-state index contributed by atoms with van der Waals surface area (Å²) in [4.78, 5) is 5.65. The lowest BCUT2D eigenvalue weighted by atomic mass is 10.3. The third-order valence-corrected chi connectivity index (χ3v) is 4.39. The smallest absolute Gasteiger partial charge is 0.194 e. The number of ether oxygens (including phenoxy) is 1. The lowest BCUT2D eigenvalue weighted by Crippen LogP contribution is -2.05. The topological polar surface area (TPSA) is 56.4 Å². The Hall–Kier alpha value is -1.86. The van der Waals surface area contributed by atoms with Gasteiger partial charge in [-0.25, -0.2) is 4.98 Å². The van der Waals surface area contributed by atoms with Crippen LogP contribution in [-0.4, -0.2) is 32.9 Å². The van der Waals surface area contributed by atoms with Gasteiger partial charge >= 0.3 is 0 Å². The number of nitrogens with one attached hydrogen (secondary N) is 1. The van der Waals surface area contributed by atoms with Crippen LogP contribution in [0.5, 0.6) is 0 Å². The van der Waals surface area contributed by atoms with Gasteiger partial charge in [-0.15, -0.1) is 11.3 Å². The third-order valence-electron chi connectivity index (χ3n) is 3.45. The van der Waals surface area contributed by atoms with Crippen LogP contribution in [0.25, 0.3) is 4.96 Å². The Balaban J connectivity index is 1.72. The number of aromatic nitrogens is 4. The molecule has 7 heteroatoms. The van der Waals surface area contributed by atoms with Crippen LogP contribution in [0.15, 0.2) is 17.8 Å². The van der Waals surface area contributed by atoms with Crippen molar-refractivity contribution in [3.8, 4) is 0 Å². The number of anilines is 1. The first-order chi connectivity index (χ1) is 10.2. The first kappa shape index (κ1) is 14.1. The average Bonchev–Trinajstić information content (AvgIpc) is 3.13. The SMILES string of the molecule is COCCn1cc(NCc2c(C)nc3scc(C)n23)cn1. The second kappa shape index (κ2) is 5.87. The highest BCUT2D eigenvalue weighted by Crippen LogP contribution is 2.21. The summed E-state index contributed by atoms with van der Waals surface area (Å²) >= 11 is 1.68. The molecule has 3 heterocycles. The Bertz CT molecular complexity index is 742. The minimum atomic E-state index is 0.664. The maximum Gasteiger partial charge on any atom is 0.194 e. The molecule has 3 rings (SSSR count). The van der Waals surface area contributed by atoms with Gasteiger partial charge in [0.15, 0.2) is 4.96 Å². The Morgan fingerprint density at radius 3 is 3.05 bits per heavy atom. The van der Waals surface area contributed by atoms with Crippen LogP contribution < -0.4 is 5.32 Å². The highest BCUT2D eigenvalue weighted by molar-refractivity contribution is 7.15. The van der Waals surface area contributed by atoms with E-state index in [-0.39, 0.29) is 0 Å². The maximum atomic E-state index is 5.05. The number of nitrogens with zero attached hydrogens (tertiary/aromatic N) is 4. The number of fused-ring (bicyclic) bond motifs is 1. The van der Waals surface area contributed by atoms with Gasteiger partial charge in [-0.3, -0.25) is 9.08 Å². The van der Waals surface area contributed by atoms with Crippen molar-refractivity contribution in [1.29, 1.82) is 0 Å². The summed E-state index contributed by atoms with van der Waals surface area (Å²) in [5.41, 5.74) is 4.51. The molecule has 0 saturated heterocycles. The number of imidazole rings is 1. The lowest BCUT2D eigenvalue weighted by molar-refractivity contribution is 0.183. The van der Waals surface area contributed by atoms with Crippen LogP contribution in [0.3, 0.4) is 0 Å². The average molecular weight is 305 g/mol. The van der Waals surface area contributed by atoms with Gasteiger partial charge in [0.2, 0.25) is 0 Å². The molecule has 0 spiro atoms. The summed E-state index contributed by atoms with van der Waals surface area (Å²) < 4.78 is 9.14. The van der Waals surface area contributed by atoms with E-state index < -0.39 is 0 Å². The van der Waals surface area contributed by atoms with Crippen molar-refractivity contribution in [1.82, 2.24) is 19.2 Å². The van der Waals surface area contributed by atoms with Crippen molar-refractivity contribution in [3.63, 3.8) is 0 Å². The normalized spacial score (nSPS) is 11.4. The fourth-order valence-electron chi connectivity index (χ4n) is 2.32. The molecule has 0 radical (unpaired) electrons. The number of methoxy groups -OCH3 is 1. The zero-order chi connectivity index (χ0) is 14.8. The molecule has 0 bridgehead atoms. The molecule has 0 aromatic carbocycles. The molecular weight excluding hydrogens is 286 g/mol. The predicted octanol–water partition coefficient (Wildman–Crippen LogP) is 2.47. The minimum Gasteiger partial charge on any atom is -0.383 e. The van der Waals surface area contributed by atoms with Gasteiger partial charge < -0.3 is 10.1 Å². The van der Waals surface area contributed by atoms with Crippen LogP contribution in [0.2, 0.25) is 0 Å². The summed E-state index contributed by atoms with van der Waals surface area (Å²) in [5, 5.41) is 9.85. The molecule has 6 nitrogen and oxygen atoms in total. The van der Waals surface area contributed by atoms with Crippen molar-refractivity contribution >= 4 is 22.0 Å². The van der Waals surface area contributed by atoms with Crippen LogP contribution >= 0.6 is 11.3 Å². The number of hydrogen-bond acceptors (Lipinski definition) is 5. The van der Waals surface area contributed by atoms with Gasteiger partial charge in [0.25, 0.3) is 0 Å². The Morgan fingerprint density at radius 2 is 2.24 bits per heavy atom. The quantitative estimate of drug-likeness (QED) is 0.760. The van der Waals surface area contributed by atoms with Gasteiger partial charge in [-0.05, 0) is 13.8 Å². The van der Waals surface area contributed by atoms with E-state index in [0.29, 0.717) is 6.61 Å². The number of hydrogen-bond donors (Lipinski definition) is 1. The predicted molar refractivity (Wildman–Crippen MR) is 84.0 cm³/mol. The summed E-state index contributed by atoms with van der Waals surface area (Å²) in [5.74, 6) is 0. The van der Waals surface area contributed by atoms with Crippen molar-refractivity contribution in [2.24, 2.45) is 0 Å². The second-order valence-electron chi connectivity index (χ2n) is 4.98. The van der Waals surface area contributed by atoms with E-state index in [1.165, 1.54) is 11.4 Å². The van der Waals surface area contributed by atoms with Gasteiger partial charge in [0.1, 0.15) is 0 Å². The molecule has 0 aliphatic carbocycles. The molecule has 0 atom stereocenters. The highest BCUT2D eigenvalue weighted by atomic mass is 32.1. The molecule has 21 heavy (non-hydrogen) atoms. The number of thiazole rings is 1. The second-order valence-corrected chi connectivity index (χ2v) is 5.81. The molecule has 0 fully saturated rings. The molecule has 0 aliphatic rings. The van der Waals surface area contributed by atoms with Crippen molar-refractivity contribution in [3.05, 3.63) is 34.9 Å². The molecule has 112 valence electrons. The van der Waals surface area contributed by atoms with E-state index in [1.54, 1.807) is 18.4 Å². The summed E-state index contributed by atoms with van der Waals surface area (Å²) in [6, 6.07) is 0. The van der Waals surface area contributed by atoms with Gasteiger partial charge in [-0.2, -0.15) is 5.10 Å². The summed E-state index contributed by atoms with van der Waals surface area (Å²) in [6.07, 6.45) is 3.83. The van der Waals surface area contributed by atoms with E-state index in [1.807, 2.05) is 17.1 Å². The van der Waals surface area contributed by atoms with Gasteiger partial charge in [-0.1, -0.05) is 0 Å². The Morgan fingerprint density at radius 1 is 1.38 bits per heavy atom. The van der Waals surface area contributed by atoms with E-state index in [9.17, 15) is 0 Å². The van der Waals surface area contributed by atoms with E-state index in [2.05, 4.69) is 39.0 Å². The van der Waals surface area contributed by atoms with Gasteiger partial charge in [0, 0.05) is 24.4 Å². The largest absolute Gasteiger partial charge is 0.383 e. The lowest BCUT2D eigenvalue weighted by Gasteiger charge is -2.05. The van der Waals surface area contributed by atoms with Crippen molar-refractivity contribution in [2.75, 3.05) is 19.0 Å². The van der Waals surface area contributed by atoms with Crippen molar-refractivity contribution in [2.45, 2.75) is 26.9 Å². The maximum absolute atomic E-state index is 5.05. The van der Waals surface area contributed by atoms with E-state index >= 15 is 0 Å². The van der Waals surface area contributed by atoms with Crippen LogP contribution in [-0.2, 0) is 17.8 Å². The van der Waals surface area contributed by atoms with E-state index in [0.717, 1.165) is 29.4 Å². The zero-order valence-electron chi connectivity index (χ0n) is 12.5. The number of aryl methyl sites for hydroxylation is 2. The molecule has 3 aromatic heterocycles. The fourth-order valence-corrected chi connectivity index (χ4v) is 3.25. The first-order valence-electron chi connectivity index (χ1n) is 6.86. The van der Waals surface area contributed by atoms with Crippen LogP contribution in [0.1, 0.15) is 17.1 Å². The third kappa shape index (κ3) is 2.79. The van der Waals surface area contributed by atoms with Gasteiger partial charge in [0.05, 0.1) is 43.0 Å². The molecule has 1 N–H and O–H groups in total.